The number of nitrogens with one attached hydrogen (secondary N) is 1. The van der Waals surface area contributed by atoms with Crippen molar-refractivity contribution in [3.8, 4) is 0 Å². The number of rotatable bonds is 6. The van der Waals surface area contributed by atoms with Crippen LogP contribution in [0.15, 0.2) is 6.07 Å². The molecule has 4 heteroatoms. The van der Waals surface area contributed by atoms with Crippen LogP contribution in [-0.2, 0) is 0 Å². The third-order valence-corrected chi connectivity index (χ3v) is 4.27. The maximum atomic E-state index is 12.5. The van der Waals surface area contributed by atoms with Gasteiger partial charge in [0.1, 0.15) is 0 Å². The van der Waals surface area contributed by atoms with Gasteiger partial charge in [-0.15, -0.1) is 0 Å². The van der Waals surface area contributed by atoms with Gasteiger partial charge in [-0.05, 0) is 32.8 Å². The number of aryl methyl sites for hydroxylation is 2. The van der Waals surface area contributed by atoms with Crippen LogP contribution in [0.3, 0.4) is 0 Å². The average molecular weight is 278 g/mol. The van der Waals surface area contributed by atoms with Gasteiger partial charge >= 0.3 is 0 Å². The normalized spacial score (nSPS) is 16.8. The molecule has 0 aliphatic heterocycles. The Hall–Kier alpha value is -1.13. The summed E-state index contributed by atoms with van der Waals surface area (Å²) in [5, 5.41) is 9.25. The zero-order valence-electron chi connectivity index (χ0n) is 12.6. The molecule has 1 saturated carbocycles. The van der Waals surface area contributed by atoms with Crippen LogP contribution in [0, 0.1) is 13.8 Å². The third-order valence-electron chi connectivity index (χ3n) is 4.27. The van der Waals surface area contributed by atoms with Crippen molar-refractivity contribution in [1.82, 2.24) is 9.88 Å². The van der Waals surface area contributed by atoms with E-state index in [1.807, 2.05) is 19.9 Å². The van der Waals surface area contributed by atoms with E-state index in [1.165, 1.54) is 19.3 Å². The van der Waals surface area contributed by atoms with Crippen molar-refractivity contribution < 1.29 is 9.90 Å². The molecule has 20 heavy (non-hydrogen) atoms. The van der Waals surface area contributed by atoms with Gasteiger partial charge in [0.05, 0.1) is 13.2 Å². The number of hydrogen-bond acceptors (Lipinski definition) is 3. The smallest absolute Gasteiger partial charge is 0.178 e. The Balaban J connectivity index is 2.03. The van der Waals surface area contributed by atoms with E-state index in [0.717, 1.165) is 29.8 Å². The van der Waals surface area contributed by atoms with Gasteiger partial charge in [0.2, 0.25) is 0 Å². The highest BCUT2D eigenvalue weighted by molar-refractivity contribution is 5.98. The van der Waals surface area contributed by atoms with E-state index in [9.17, 15) is 9.90 Å². The van der Waals surface area contributed by atoms with Gasteiger partial charge in [0, 0.05) is 29.5 Å². The second kappa shape index (κ2) is 7.04. The van der Waals surface area contributed by atoms with Gasteiger partial charge < -0.3 is 10.1 Å². The van der Waals surface area contributed by atoms with Crippen molar-refractivity contribution in [2.45, 2.75) is 52.0 Å². The summed E-state index contributed by atoms with van der Waals surface area (Å²) in [5.74, 6) is 0.158. The Kier molecular flexibility index (Phi) is 5.38. The summed E-state index contributed by atoms with van der Waals surface area (Å²) < 4.78 is 0. The van der Waals surface area contributed by atoms with Crippen LogP contribution in [0.2, 0.25) is 0 Å². The molecule has 2 N–H and O–H groups in total. The first-order chi connectivity index (χ1) is 9.61. The number of hydrogen-bond donors (Lipinski definition) is 2. The van der Waals surface area contributed by atoms with Gasteiger partial charge in [-0.1, -0.05) is 19.3 Å². The summed E-state index contributed by atoms with van der Waals surface area (Å²) in [6, 6.07) is 2.38. The number of carbonyl (C=O) groups is 1. The highest BCUT2D eigenvalue weighted by Gasteiger charge is 2.24. The number of aromatic amines is 1. The lowest BCUT2D eigenvalue weighted by Gasteiger charge is -2.33. The highest BCUT2D eigenvalue weighted by atomic mass is 16.3. The largest absolute Gasteiger partial charge is 0.395 e. The Morgan fingerprint density at radius 1 is 1.35 bits per heavy atom. The Morgan fingerprint density at radius 3 is 2.60 bits per heavy atom. The second-order valence-corrected chi connectivity index (χ2v) is 5.90. The molecule has 1 heterocycles. The summed E-state index contributed by atoms with van der Waals surface area (Å²) in [5.41, 5.74) is 2.76. The predicted molar refractivity (Wildman–Crippen MR) is 80.1 cm³/mol. The lowest BCUT2D eigenvalue weighted by molar-refractivity contribution is 0.0814. The van der Waals surface area contributed by atoms with Crippen molar-refractivity contribution in [3.05, 3.63) is 23.0 Å². The Morgan fingerprint density at radius 2 is 2.05 bits per heavy atom. The molecule has 0 amide bonds. The maximum Gasteiger partial charge on any atom is 0.178 e. The molecule has 0 radical (unpaired) electrons. The van der Waals surface area contributed by atoms with Crippen molar-refractivity contribution in [2.75, 3.05) is 19.7 Å². The van der Waals surface area contributed by atoms with Crippen LogP contribution < -0.4 is 0 Å². The third kappa shape index (κ3) is 3.70. The SMILES string of the molecule is Cc1cc(C(=O)CN(CCO)C2CCCCC2)c(C)[nH]1. The minimum atomic E-state index is 0.120. The first-order valence-corrected chi connectivity index (χ1v) is 7.66. The molecule has 1 aromatic rings. The summed E-state index contributed by atoms with van der Waals surface area (Å²) in [7, 11) is 0. The fourth-order valence-corrected chi connectivity index (χ4v) is 3.25. The first kappa shape index (κ1) is 15.3. The number of Topliss-reactive ketones (excluding diaryl/α,β-unsaturated/α-hetero) is 1. The van der Waals surface area contributed by atoms with Crippen molar-refractivity contribution in [1.29, 1.82) is 0 Å². The fraction of sp³-hybridized carbons (Fsp3) is 0.688. The van der Waals surface area contributed by atoms with E-state index in [-0.39, 0.29) is 12.4 Å². The molecule has 0 saturated heterocycles. The van der Waals surface area contributed by atoms with Crippen LogP contribution in [0.25, 0.3) is 0 Å². The van der Waals surface area contributed by atoms with Crippen LogP contribution in [0.4, 0.5) is 0 Å². The highest BCUT2D eigenvalue weighted by Crippen LogP contribution is 2.23. The molecule has 0 atom stereocenters. The van der Waals surface area contributed by atoms with Crippen LogP contribution in [0.1, 0.15) is 53.8 Å². The number of carbonyl (C=O) groups excluding carboxylic acids is 1. The molecule has 0 bridgehead atoms. The first-order valence-electron chi connectivity index (χ1n) is 7.66. The van der Waals surface area contributed by atoms with E-state index in [4.69, 9.17) is 0 Å². The maximum absolute atomic E-state index is 12.5. The number of aromatic nitrogens is 1. The molecule has 112 valence electrons. The number of aliphatic hydroxyl groups is 1. The minimum Gasteiger partial charge on any atom is -0.395 e. The zero-order chi connectivity index (χ0) is 14.5. The second-order valence-electron chi connectivity index (χ2n) is 5.90. The summed E-state index contributed by atoms with van der Waals surface area (Å²) >= 11 is 0. The van der Waals surface area contributed by atoms with Crippen LogP contribution in [-0.4, -0.2) is 46.5 Å². The standard InChI is InChI=1S/C16H26N2O2/c1-12-10-15(13(2)17-12)16(20)11-18(8-9-19)14-6-4-3-5-7-14/h10,14,17,19H,3-9,11H2,1-2H3. The van der Waals surface area contributed by atoms with Crippen LogP contribution in [0.5, 0.6) is 0 Å². The molecular weight excluding hydrogens is 252 g/mol. The molecule has 4 nitrogen and oxygen atoms in total. The number of aliphatic hydroxyl groups excluding tert-OH is 1. The van der Waals surface area contributed by atoms with E-state index < -0.39 is 0 Å². The summed E-state index contributed by atoms with van der Waals surface area (Å²) in [6.07, 6.45) is 6.08. The predicted octanol–water partition coefficient (Wildman–Crippen LogP) is 2.44. The Bertz CT molecular complexity index is 447. The molecule has 0 aromatic carbocycles. The molecule has 1 aliphatic carbocycles. The van der Waals surface area contributed by atoms with E-state index in [2.05, 4.69) is 9.88 Å². The van der Waals surface area contributed by atoms with Gasteiger partial charge in [-0.25, -0.2) is 0 Å². The minimum absolute atomic E-state index is 0.120. The Labute approximate surface area is 121 Å². The lowest BCUT2D eigenvalue weighted by atomic mass is 9.94. The summed E-state index contributed by atoms with van der Waals surface area (Å²) in [6.45, 7) is 5.05. The van der Waals surface area contributed by atoms with Crippen LogP contribution >= 0.6 is 0 Å². The summed E-state index contributed by atoms with van der Waals surface area (Å²) in [4.78, 5) is 17.8. The monoisotopic (exact) mass is 278 g/mol. The topological polar surface area (TPSA) is 56.3 Å². The molecule has 0 unspecified atom stereocenters. The van der Waals surface area contributed by atoms with E-state index in [1.54, 1.807) is 0 Å². The fourth-order valence-electron chi connectivity index (χ4n) is 3.25. The molecule has 2 rings (SSSR count). The average Bonchev–Trinajstić information content (AvgIpc) is 2.78. The number of ketones is 1. The van der Waals surface area contributed by atoms with Crippen molar-refractivity contribution >= 4 is 5.78 Å². The molecule has 1 fully saturated rings. The van der Waals surface area contributed by atoms with Gasteiger partial charge in [-0.2, -0.15) is 0 Å². The molecule has 0 spiro atoms. The number of nitrogens with zero attached hydrogens (tertiary/aromatic N) is 1. The molecule has 1 aliphatic rings. The zero-order valence-corrected chi connectivity index (χ0v) is 12.6. The van der Waals surface area contributed by atoms with Gasteiger partial charge in [0.25, 0.3) is 0 Å². The van der Waals surface area contributed by atoms with Gasteiger partial charge in [-0.3, -0.25) is 9.69 Å². The van der Waals surface area contributed by atoms with E-state index >= 15 is 0 Å². The van der Waals surface area contributed by atoms with Gasteiger partial charge in [0.15, 0.2) is 5.78 Å². The van der Waals surface area contributed by atoms with Crippen molar-refractivity contribution in [2.24, 2.45) is 0 Å². The van der Waals surface area contributed by atoms with Crippen molar-refractivity contribution in [3.63, 3.8) is 0 Å². The quantitative estimate of drug-likeness (QED) is 0.786. The van der Waals surface area contributed by atoms with E-state index in [0.29, 0.717) is 19.1 Å². The lowest BCUT2D eigenvalue weighted by Crippen LogP contribution is -2.42. The molecule has 1 aromatic heterocycles. The molecular formula is C16H26N2O2. The number of H-pyrrole nitrogens is 1.